The maximum atomic E-state index is 12.1. The molecule has 0 saturated heterocycles. The fourth-order valence-corrected chi connectivity index (χ4v) is 3.04. The Morgan fingerprint density at radius 2 is 1.82 bits per heavy atom. The predicted molar refractivity (Wildman–Crippen MR) is 67.9 cm³/mol. The normalized spacial score (nSPS) is 28.3. The summed E-state index contributed by atoms with van der Waals surface area (Å²) in [6.45, 7) is 0. The molecule has 0 atom stereocenters. The zero-order chi connectivity index (χ0) is 11.8. The fraction of sp³-hybridized carbons (Fsp3) is 0.500. The number of hydrogen-bond acceptors (Lipinski definition) is 2. The van der Waals surface area contributed by atoms with Crippen molar-refractivity contribution in [2.75, 3.05) is 4.90 Å². The van der Waals surface area contributed by atoms with Crippen LogP contribution in [0.25, 0.3) is 0 Å². The van der Waals surface area contributed by atoms with Gasteiger partial charge < -0.3 is 10.6 Å². The summed E-state index contributed by atoms with van der Waals surface area (Å²) in [7, 11) is 0. The minimum atomic E-state index is 0.256. The van der Waals surface area contributed by atoms with Crippen molar-refractivity contribution in [3.05, 3.63) is 29.8 Å². The SMILES string of the molecule is NC1CCC(N2C(=O)Cc3ccccc32)CC1. The Kier molecular flexibility index (Phi) is 2.63. The Morgan fingerprint density at radius 3 is 2.59 bits per heavy atom. The summed E-state index contributed by atoms with van der Waals surface area (Å²) in [5.41, 5.74) is 8.22. The first kappa shape index (κ1) is 10.8. The molecule has 3 rings (SSSR count). The minimum Gasteiger partial charge on any atom is -0.328 e. The third kappa shape index (κ3) is 1.84. The highest BCUT2D eigenvalue weighted by molar-refractivity contribution is 6.01. The summed E-state index contributed by atoms with van der Waals surface area (Å²) in [5.74, 6) is 0.256. The van der Waals surface area contributed by atoms with Crippen LogP contribution in [0.3, 0.4) is 0 Å². The largest absolute Gasteiger partial charge is 0.328 e. The lowest BCUT2D eigenvalue weighted by atomic mass is 9.90. The zero-order valence-corrected chi connectivity index (χ0v) is 9.93. The van der Waals surface area contributed by atoms with Crippen LogP contribution >= 0.6 is 0 Å². The maximum absolute atomic E-state index is 12.1. The average Bonchev–Trinajstić information content (AvgIpc) is 2.66. The summed E-state index contributed by atoms with van der Waals surface area (Å²) >= 11 is 0. The molecular weight excluding hydrogens is 212 g/mol. The van der Waals surface area contributed by atoms with Crippen molar-refractivity contribution in [1.29, 1.82) is 0 Å². The lowest BCUT2D eigenvalue weighted by Gasteiger charge is -2.33. The van der Waals surface area contributed by atoms with Gasteiger partial charge in [0.05, 0.1) is 6.42 Å². The van der Waals surface area contributed by atoms with Gasteiger partial charge in [-0.25, -0.2) is 0 Å². The van der Waals surface area contributed by atoms with Crippen molar-refractivity contribution in [3.8, 4) is 0 Å². The Hall–Kier alpha value is -1.35. The zero-order valence-electron chi connectivity index (χ0n) is 9.93. The molecule has 2 aliphatic rings. The second-order valence-electron chi connectivity index (χ2n) is 5.14. The van der Waals surface area contributed by atoms with E-state index in [0.717, 1.165) is 31.4 Å². The number of nitrogens with two attached hydrogens (primary N) is 1. The van der Waals surface area contributed by atoms with E-state index in [1.165, 1.54) is 5.56 Å². The molecule has 3 nitrogen and oxygen atoms in total. The highest BCUT2D eigenvalue weighted by atomic mass is 16.2. The number of amides is 1. The highest BCUT2D eigenvalue weighted by Gasteiger charge is 2.34. The van der Waals surface area contributed by atoms with E-state index in [1.807, 2.05) is 17.0 Å². The van der Waals surface area contributed by atoms with E-state index in [0.29, 0.717) is 18.5 Å². The van der Waals surface area contributed by atoms with Crippen LogP contribution in [0.4, 0.5) is 5.69 Å². The van der Waals surface area contributed by atoms with Gasteiger partial charge in [-0.05, 0) is 37.3 Å². The molecule has 1 aromatic carbocycles. The van der Waals surface area contributed by atoms with Gasteiger partial charge in [0.2, 0.25) is 5.91 Å². The molecule has 1 saturated carbocycles. The summed E-state index contributed by atoms with van der Waals surface area (Å²) in [5, 5.41) is 0. The van der Waals surface area contributed by atoms with Gasteiger partial charge in [-0.2, -0.15) is 0 Å². The second-order valence-corrected chi connectivity index (χ2v) is 5.14. The third-order valence-electron chi connectivity index (χ3n) is 3.97. The van der Waals surface area contributed by atoms with Gasteiger partial charge in [-0.15, -0.1) is 0 Å². The molecule has 2 N–H and O–H groups in total. The number of hydrogen-bond donors (Lipinski definition) is 1. The van der Waals surface area contributed by atoms with E-state index < -0.39 is 0 Å². The smallest absolute Gasteiger partial charge is 0.231 e. The predicted octanol–water partition coefficient (Wildman–Crippen LogP) is 1.85. The first-order valence-corrected chi connectivity index (χ1v) is 6.41. The second kappa shape index (κ2) is 4.15. The lowest BCUT2D eigenvalue weighted by molar-refractivity contribution is -0.117. The van der Waals surface area contributed by atoms with E-state index in [-0.39, 0.29) is 5.91 Å². The number of anilines is 1. The number of benzene rings is 1. The Morgan fingerprint density at radius 1 is 1.12 bits per heavy atom. The molecule has 1 aromatic rings. The molecule has 17 heavy (non-hydrogen) atoms. The van der Waals surface area contributed by atoms with E-state index in [1.54, 1.807) is 0 Å². The molecule has 1 aliphatic carbocycles. The molecule has 1 fully saturated rings. The van der Waals surface area contributed by atoms with Crippen LogP contribution in [-0.4, -0.2) is 18.0 Å². The first-order chi connectivity index (χ1) is 8.25. The number of nitrogens with zero attached hydrogens (tertiary/aromatic N) is 1. The van der Waals surface area contributed by atoms with Gasteiger partial charge in [0.15, 0.2) is 0 Å². The van der Waals surface area contributed by atoms with Crippen molar-refractivity contribution >= 4 is 11.6 Å². The summed E-state index contributed by atoms with van der Waals surface area (Å²) in [6, 6.07) is 8.84. The van der Waals surface area contributed by atoms with Crippen molar-refractivity contribution in [2.45, 2.75) is 44.2 Å². The average molecular weight is 230 g/mol. The van der Waals surface area contributed by atoms with Gasteiger partial charge in [0.1, 0.15) is 0 Å². The van der Waals surface area contributed by atoms with Crippen molar-refractivity contribution in [2.24, 2.45) is 5.73 Å². The van der Waals surface area contributed by atoms with E-state index in [9.17, 15) is 4.79 Å². The third-order valence-corrected chi connectivity index (χ3v) is 3.97. The van der Waals surface area contributed by atoms with Crippen LogP contribution in [0.1, 0.15) is 31.2 Å². The van der Waals surface area contributed by atoms with E-state index in [2.05, 4.69) is 12.1 Å². The van der Waals surface area contributed by atoms with Crippen LogP contribution in [-0.2, 0) is 11.2 Å². The summed E-state index contributed by atoms with van der Waals surface area (Å²) < 4.78 is 0. The van der Waals surface area contributed by atoms with Gasteiger partial charge in [0.25, 0.3) is 0 Å². The fourth-order valence-electron chi connectivity index (χ4n) is 3.04. The number of carbonyl (C=O) groups excluding carboxylic acids is 1. The molecular formula is C14H18N2O. The Bertz CT molecular complexity index is 436. The quantitative estimate of drug-likeness (QED) is 0.800. The summed E-state index contributed by atoms with van der Waals surface area (Å²) in [4.78, 5) is 14.1. The molecule has 3 heteroatoms. The van der Waals surface area contributed by atoms with Gasteiger partial charge in [-0.1, -0.05) is 18.2 Å². The number of rotatable bonds is 1. The molecule has 0 unspecified atom stereocenters. The van der Waals surface area contributed by atoms with Crippen molar-refractivity contribution in [3.63, 3.8) is 0 Å². The van der Waals surface area contributed by atoms with Crippen LogP contribution in [0, 0.1) is 0 Å². The molecule has 1 aliphatic heterocycles. The first-order valence-electron chi connectivity index (χ1n) is 6.41. The van der Waals surface area contributed by atoms with Gasteiger partial charge >= 0.3 is 0 Å². The molecule has 0 radical (unpaired) electrons. The number of fused-ring (bicyclic) bond motifs is 1. The molecule has 0 aromatic heterocycles. The summed E-state index contributed by atoms with van der Waals surface area (Å²) in [6.07, 6.45) is 4.73. The van der Waals surface area contributed by atoms with E-state index in [4.69, 9.17) is 5.73 Å². The van der Waals surface area contributed by atoms with Crippen LogP contribution in [0.2, 0.25) is 0 Å². The Balaban J connectivity index is 1.86. The van der Waals surface area contributed by atoms with Crippen molar-refractivity contribution < 1.29 is 4.79 Å². The Labute approximate surface area is 102 Å². The molecule has 0 bridgehead atoms. The van der Waals surface area contributed by atoms with Crippen LogP contribution < -0.4 is 10.6 Å². The van der Waals surface area contributed by atoms with Crippen LogP contribution in [0.5, 0.6) is 0 Å². The van der Waals surface area contributed by atoms with E-state index >= 15 is 0 Å². The topological polar surface area (TPSA) is 46.3 Å². The van der Waals surface area contributed by atoms with Gasteiger partial charge in [-0.3, -0.25) is 4.79 Å². The number of para-hydroxylation sites is 1. The lowest BCUT2D eigenvalue weighted by Crippen LogP contribution is -2.42. The standard InChI is InChI=1S/C14H18N2O/c15-11-5-7-12(8-6-11)16-13-4-2-1-3-10(13)9-14(16)17/h1-4,11-12H,5-9,15H2. The monoisotopic (exact) mass is 230 g/mol. The van der Waals surface area contributed by atoms with Gasteiger partial charge in [0, 0.05) is 17.8 Å². The molecule has 90 valence electrons. The van der Waals surface area contributed by atoms with Crippen LogP contribution in [0.15, 0.2) is 24.3 Å². The molecule has 0 spiro atoms. The maximum Gasteiger partial charge on any atom is 0.231 e. The number of carbonyl (C=O) groups is 1. The molecule has 1 heterocycles. The van der Waals surface area contributed by atoms with Crippen molar-refractivity contribution in [1.82, 2.24) is 0 Å². The minimum absolute atomic E-state index is 0.256. The highest BCUT2D eigenvalue weighted by Crippen LogP contribution is 2.34. The molecule has 1 amide bonds.